The number of hydrogen-bond acceptors (Lipinski definition) is 3. The molecule has 2 aromatic rings. The molecular weight excluding hydrogens is 329 g/mol. The number of aromatic nitrogens is 1. The maximum Gasteiger partial charge on any atom is 0.254 e. The molecule has 1 aromatic heterocycles. The van der Waals surface area contributed by atoms with Gasteiger partial charge in [-0.3, -0.25) is 9.78 Å². The lowest BCUT2D eigenvalue weighted by molar-refractivity contribution is 0.0644. The maximum absolute atomic E-state index is 13.9. The fourth-order valence-corrected chi connectivity index (χ4v) is 3.95. The number of nitrogens with one attached hydrogen (secondary N) is 1. The molecule has 4 rings (SSSR count). The van der Waals surface area contributed by atoms with Gasteiger partial charge in [0.2, 0.25) is 0 Å². The smallest absolute Gasteiger partial charge is 0.254 e. The summed E-state index contributed by atoms with van der Waals surface area (Å²) < 4.78 is 13.9. The maximum atomic E-state index is 13.9. The minimum Gasteiger partial charge on any atom is -0.336 e. The van der Waals surface area contributed by atoms with Crippen LogP contribution in [0.5, 0.6) is 0 Å². The van der Waals surface area contributed by atoms with Crippen LogP contribution in [0, 0.1) is 5.82 Å². The zero-order valence-electron chi connectivity index (χ0n) is 15.3. The quantitative estimate of drug-likeness (QED) is 0.886. The van der Waals surface area contributed by atoms with Crippen molar-refractivity contribution in [3.63, 3.8) is 0 Å². The van der Waals surface area contributed by atoms with Gasteiger partial charge < -0.3 is 10.2 Å². The van der Waals surface area contributed by atoms with Gasteiger partial charge in [-0.2, -0.15) is 0 Å². The number of benzene rings is 1. The molecule has 1 saturated carbocycles. The number of nitrogens with zero attached hydrogens (tertiary/aromatic N) is 2. The van der Waals surface area contributed by atoms with Crippen LogP contribution in [0.2, 0.25) is 0 Å². The van der Waals surface area contributed by atoms with Crippen molar-refractivity contribution in [1.82, 2.24) is 15.2 Å². The van der Waals surface area contributed by atoms with Crippen molar-refractivity contribution in [3.05, 3.63) is 41.3 Å². The Morgan fingerprint density at radius 3 is 2.69 bits per heavy atom. The van der Waals surface area contributed by atoms with Gasteiger partial charge in [0.05, 0.1) is 11.1 Å². The van der Waals surface area contributed by atoms with E-state index >= 15 is 0 Å². The molecule has 1 amide bonds. The van der Waals surface area contributed by atoms with Crippen LogP contribution in [0.1, 0.15) is 61.0 Å². The molecule has 0 bridgehead atoms. The fourth-order valence-electron chi connectivity index (χ4n) is 3.95. The van der Waals surface area contributed by atoms with Gasteiger partial charge in [0.1, 0.15) is 5.82 Å². The number of carbonyl (C=O) groups excluding carboxylic acids is 1. The van der Waals surface area contributed by atoms with Crippen LogP contribution in [0.3, 0.4) is 0 Å². The topological polar surface area (TPSA) is 45.2 Å². The third-order valence-electron chi connectivity index (χ3n) is 5.49. The molecule has 2 heterocycles. The fraction of sp³-hybridized carbons (Fsp3) is 0.524. The number of fused-ring (bicyclic) bond motifs is 1. The molecular formula is C21H26FN3O. The molecule has 0 atom stereocenters. The van der Waals surface area contributed by atoms with E-state index in [1.807, 2.05) is 11.0 Å². The standard InChI is InChI=1S/C21H26FN3O/c1-2-11-25(16-7-9-23-10-8-16)21(26)18-13-20(14-3-4-14)24-19-6-5-15(22)12-17(18)19/h5-6,12-14,16,23H,2-4,7-11H2,1H3. The summed E-state index contributed by atoms with van der Waals surface area (Å²) in [4.78, 5) is 20.2. The van der Waals surface area contributed by atoms with Crippen molar-refractivity contribution in [2.45, 2.75) is 51.0 Å². The van der Waals surface area contributed by atoms with E-state index in [0.717, 1.165) is 62.9 Å². The number of halogens is 1. The largest absolute Gasteiger partial charge is 0.336 e. The third-order valence-corrected chi connectivity index (χ3v) is 5.49. The van der Waals surface area contributed by atoms with E-state index in [0.29, 0.717) is 16.9 Å². The third kappa shape index (κ3) is 3.45. The minimum atomic E-state index is -0.323. The summed E-state index contributed by atoms with van der Waals surface area (Å²) in [5, 5.41) is 4.00. The van der Waals surface area contributed by atoms with Crippen LogP contribution in [-0.4, -0.2) is 41.5 Å². The van der Waals surface area contributed by atoms with Gasteiger partial charge in [0, 0.05) is 29.6 Å². The first-order chi connectivity index (χ1) is 12.7. The monoisotopic (exact) mass is 355 g/mol. The van der Waals surface area contributed by atoms with Crippen molar-refractivity contribution < 1.29 is 9.18 Å². The van der Waals surface area contributed by atoms with E-state index in [1.54, 1.807) is 6.07 Å². The van der Waals surface area contributed by atoms with Crippen molar-refractivity contribution in [2.24, 2.45) is 0 Å². The average Bonchev–Trinajstić information content (AvgIpc) is 3.51. The first-order valence-corrected chi connectivity index (χ1v) is 9.79. The molecule has 2 aliphatic rings. The molecule has 4 nitrogen and oxygen atoms in total. The Morgan fingerprint density at radius 2 is 2.00 bits per heavy atom. The Balaban J connectivity index is 1.76. The van der Waals surface area contributed by atoms with Crippen LogP contribution in [0.4, 0.5) is 4.39 Å². The van der Waals surface area contributed by atoms with Gasteiger partial charge in [-0.05, 0) is 69.5 Å². The first kappa shape index (κ1) is 17.4. The average molecular weight is 355 g/mol. The molecule has 26 heavy (non-hydrogen) atoms. The predicted octanol–water partition coefficient (Wildman–Crippen LogP) is 3.86. The molecule has 0 radical (unpaired) electrons. The molecule has 5 heteroatoms. The minimum absolute atomic E-state index is 0.0265. The van der Waals surface area contributed by atoms with Gasteiger partial charge in [0.25, 0.3) is 5.91 Å². The predicted molar refractivity (Wildman–Crippen MR) is 101 cm³/mol. The lowest BCUT2D eigenvalue weighted by Gasteiger charge is -2.35. The lowest BCUT2D eigenvalue weighted by atomic mass is 10.0. The number of piperidine rings is 1. The van der Waals surface area contributed by atoms with Crippen molar-refractivity contribution >= 4 is 16.8 Å². The Kier molecular flexibility index (Phi) is 4.90. The Hall–Kier alpha value is -2.01. The molecule has 1 aliphatic carbocycles. The Bertz CT molecular complexity index is 812. The van der Waals surface area contributed by atoms with E-state index in [4.69, 9.17) is 4.98 Å². The van der Waals surface area contributed by atoms with Crippen LogP contribution in [0.15, 0.2) is 24.3 Å². The van der Waals surface area contributed by atoms with Crippen LogP contribution in [-0.2, 0) is 0 Å². The molecule has 1 N–H and O–H groups in total. The van der Waals surface area contributed by atoms with E-state index in [1.165, 1.54) is 12.1 Å². The molecule has 1 aromatic carbocycles. The molecule has 0 spiro atoms. The number of hydrogen-bond donors (Lipinski definition) is 1. The summed E-state index contributed by atoms with van der Waals surface area (Å²) >= 11 is 0. The van der Waals surface area contributed by atoms with Crippen LogP contribution in [0.25, 0.3) is 10.9 Å². The molecule has 1 aliphatic heterocycles. The molecule has 0 unspecified atom stereocenters. The number of pyridine rings is 1. The lowest BCUT2D eigenvalue weighted by Crippen LogP contribution is -2.46. The van der Waals surface area contributed by atoms with E-state index < -0.39 is 0 Å². The Labute approximate surface area is 153 Å². The van der Waals surface area contributed by atoms with E-state index in [2.05, 4.69) is 12.2 Å². The molecule has 1 saturated heterocycles. The molecule has 2 fully saturated rings. The van der Waals surface area contributed by atoms with Gasteiger partial charge in [-0.15, -0.1) is 0 Å². The number of rotatable bonds is 5. The first-order valence-electron chi connectivity index (χ1n) is 9.79. The van der Waals surface area contributed by atoms with Crippen LogP contribution >= 0.6 is 0 Å². The second-order valence-corrected chi connectivity index (χ2v) is 7.51. The summed E-state index contributed by atoms with van der Waals surface area (Å²) in [5.41, 5.74) is 2.32. The van der Waals surface area contributed by atoms with Gasteiger partial charge >= 0.3 is 0 Å². The number of carbonyl (C=O) groups is 1. The highest BCUT2D eigenvalue weighted by Crippen LogP contribution is 2.40. The zero-order chi connectivity index (χ0) is 18.1. The summed E-state index contributed by atoms with van der Waals surface area (Å²) in [6, 6.07) is 6.76. The highest BCUT2D eigenvalue weighted by Gasteiger charge is 2.30. The van der Waals surface area contributed by atoms with Gasteiger partial charge in [-0.25, -0.2) is 4.39 Å². The second kappa shape index (κ2) is 7.31. The number of amides is 1. The van der Waals surface area contributed by atoms with Crippen molar-refractivity contribution in [1.29, 1.82) is 0 Å². The summed E-state index contributed by atoms with van der Waals surface area (Å²) in [6.45, 7) is 4.72. The highest BCUT2D eigenvalue weighted by molar-refractivity contribution is 6.06. The zero-order valence-corrected chi connectivity index (χ0v) is 15.3. The normalized spacial score (nSPS) is 18.2. The summed E-state index contributed by atoms with van der Waals surface area (Å²) in [5.74, 6) is 0.157. The summed E-state index contributed by atoms with van der Waals surface area (Å²) in [6.07, 6.45) is 5.11. The highest BCUT2D eigenvalue weighted by atomic mass is 19.1. The summed E-state index contributed by atoms with van der Waals surface area (Å²) in [7, 11) is 0. The van der Waals surface area contributed by atoms with E-state index in [9.17, 15) is 9.18 Å². The van der Waals surface area contributed by atoms with Crippen LogP contribution < -0.4 is 5.32 Å². The van der Waals surface area contributed by atoms with Gasteiger partial charge in [0.15, 0.2) is 0 Å². The van der Waals surface area contributed by atoms with Crippen molar-refractivity contribution in [3.8, 4) is 0 Å². The SMILES string of the molecule is CCCN(C(=O)c1cc(C2CC2)nc2ccc(F)cc12)C1CCNCC1. The second-order valence-electron chi connectivity index (χ2n) is 7.51. The molecule has 138 valence electrons. The van der Waals surface area contributed by atoms with Gasteiger partial charge in [-0.1, -0.05) is 6.92 Å². The van der Waals surface area contributed by atoms with Crippen molar-refractivity contribution in [2.75, 3.05) is 19.6 Å². The Morgan fingerprint density at radius 1 is 1.23 bits per heavy atom. The van der Waals surface area contributed by atoms with E-state index in [-0.39, 0.29) is 17.8 Å².